The summed E-state index contributed by atoms with van der Waals surface area (Å²) in [7, 11) is 0. The third-order valence-electron chi connectivity index (χ3n) is 3.77. The Bertz CT molecular complexity index is 672. The fourth-order valence-corrected chi connectivity index (χ4v) is 3.54. The minimum Gasteiger partial charge on any atom is -0.350 e. The van der Waals surface area contributed by atoms with Crippen LogP contribution in [0.25, 0.3) is 10.6 Å². The fourth-order valence-electron chi connectivity index (χ4n) is 2.55. The molecule has 1 aliphatic heterocycles. The van der Waals surface area contributed by atoms with Crippen LogP contribution in [-0.4, -0.2) is 30.0 Å². The highest BCUT2D eigenvalue weighted by Crippen LogP contribution is 2.28. The Hall–Kier alpha value is -1.21. The van der Waals surface area contributed by atoms with Gasteiger partial charge in [-0.15, -0.1) is 36.2 Å². The molecule has 1 aromatic heterocycles. The lowest BCUT2D eigenvalue weighted by Crippen LogP contribution is -2.37. The molecule has 1 atom stereocenters. The number of amides is 1. The Morgan fingerprint density at radius 2 is 2.08 bits per heavy atom. The van der Waals surface area contributed by atoms with Crippen molar-refractivity contribution in [1.29, 1.82) is 0 Å². The van der Waals surface area contributed by atoms with Crippen LogP contribution in [0.5, 0.6) is 0 Å². The maximum atomic E-state index is 13.0. The summed E-state index contributed by atoms with van der Waals surface area (Å²) < 4.78 is 13.0. The molecule has 1 saturated heterocycles. The molecule has 0 bridgehead atoms. The molecule has 0 saturated carbocycles. The monoisotopic (exact) mass is 391 g/mol. The minimum absolute atomic E-state index is 0. The number of aryl methyl sites for hydroxylation is 1. The van der Waals surface area contributed by atoms with E-state index in [0.717, 1.165) is 30.0 Å². The summed E-state index contributed by atoms with van der Waals surface area (Å²) >= 11 is 1.34. The molecule has 2 N–H and O–H groups in total. The van der Waals surface area contributed by atoms with Gasteiger partial charge in [0.15, 0.2) is 0 Å². The summed E-state index contributed by atoms with van der Waals surface area (Å²) in [5.74, 6) is -0.365. The maximum absolute atomic E-state index is 13.0. The van der Waals surface area contributed by atoms with Gasteiger partial charge in [0, 0.05) is 18.2 Å². The number of aromatic nitrogens is 1. The highest BCUT2D eigenvalue weighted by molar-refractivity contribution is 7.17. The predicted molar refractivity (Wildman–Crippen MR) is 100 cm³/mol. The highest BCUT2D eigenvalue weighted by Gasteiger charge is 2.19. The molecular formula is C16H20Cl2FN3OS. The molecule has 1 amide bonds. The number of carbonyl (C=O) groups excluding carboxylic acids is 1. The molecule has 0 spiro atoms. The molecule has 0 radical (unpaired) electrons. The molecule has 1 unspecified atom stereocenters. The maximum Gasteiger partial charge on any atom is 0.263 e. The molecule has 2 heterocycles. The summed E-state index contributed by atoms with van der Waals surface area (Å²) in [5.41, 5.74) is 1.53. The molecule has 24 heavy (non-hydrogen) atoms. The first kappa shape index (κ1) is 20.8. The van der Waals surface area contributed by atoms with Crippen LogP contribution in [0.1, 0.15) is 28.2 Å². The Labute approximate surface area is 157 Å². The van der Waals surface area contributed by atoms with Crippen LogP contribution in [0.4, 0.5) is 4.39 Å². The van der Waals surface area contributed by atoms with Gasteiger partial charge in [-0.25, -0.2) is 9.37 Å². The highest BCUT2D eigenvalue weighted by atomic mass is 35.5. The molecule has 1 aromatic carbocycles. The fraction of sp³-hybridized carbons (Fsp3) is 0.375. The summed E-state index contributed by atoms with van der Waals surface area (Å²) in [6.07, 6.45) is 2.26. The van der Waals surface area contributed by atoms with Crippen molar-refractivity contribution in [3.8, 4) is 10.6 Å². The average Bonchev–Trinajstić information content (AvgIpc) is 3.15. The zero-order valence-corrected chi connectivity index (χ0v) is 15.6. The first-order chi connectivity index (χ1) is 10.6. The van der Waals surface area contributed by atoms with Crippen molar-refractivity contribution in [2.24, 2.45) is 0 Å². The van der Waals surface area contributed by atoms with Gasteiger partial charge in [-0.3, -0.25) is 4.79 Å². The SMILES string of the molecule is Cc1nc(-c2ccc(F)cc2)sc1C(=O)NCC1CCCN1.Cl.Cl. The van der Waals surface area contributed by atoms with Gasteiger partial charge in [-0.05, 0) is 50.6 Å². The molecule has 1 fully saturated rings. The zero-order valence-electron chi connectivity index (χ0n) is 13.2. The first-order valence-corrected chi connectivity index (χ1v) is 8.20. The van der Waals surface area contributed by atoms with Gasteiger partial charge in [-0.1, -0.05) is 0 Å². The van der Waals surface area contributed by atoms with Crippen molar-refractivity contribution in [3.63, 3.8) is 0 Å². The Kier molecular flexibility index (Phi) is 8.09. The summed E-state index contributed by atoms with van der Waals surface area (Å²) in [6.45, 7) is 3.49. The number of hydrogen-bond acceptors (Lipinski definition) is 4. The van der Waals surface area contributed by atoms with Crippen LogP contribution in [0, 0.1) is 12.7 Å². The van der Waals surface area contributed by atoms with Crippen molar-refractivity contribution in [1.82, 2.24) is 15.6 Å². The van der Waals surface area contributed by atoms with E-state index in [-0.39, 0.29) is 36.5 Å². The average molecular weight is 392 g/mol. The van der Waals surface area contributed by atoms with E-state index in [2.05, 4.69) is 15.6 Å². The van der Waals surface area contributed by atoms with Gasteiger partial charge >= 0.3 is 0 Å². The van der Waals surface area contributed by atoms with Crippen molar-refractivity contribution in [3.05, 3.63) is 40.7 Å². The molecular weight excluding hydrogens is 372 g/mol. The molecule has 3 rings (SSSR count). The smallest absolute Gasteiger partial charge is 0.263 e. The van der Waals surface area contributed by atoms with Gasteiger partial charge in [-0.2, -0.15) is 0 Å². The number of hydrogen-bond donors (Lipinski definition) is 2. The summed E-state index contributed by atoms with van der Waals surface area (Å²) in [5, 5.41) is 7.05. The minimum atomic E-state index is -0.279. The van der Waals surface area contributed by atoms with E-state index in [9.17, 15) is 9.18 Å². The number of thiazole rings is 1. The van der Waals surface area contributed by atoms with Crippen molar-refractivity contribution in [2.45, 2.75) is 25.8 Å². The Morgan fingerprint density at radius 1 is 1.38 bits per heavy atom. The molecule has 132 valence electrons. The number of rotatable bonds is 4. The lowest BCUT2D eigenvalue weighted by atomic mass is 10.2. The van der Waals surface area contributed by atoms with Crippen LogP contribution in [-0.2, 0) is 0 Å². The van der Waals surface area contributed by atoms with E-state index in [1.54, 1.807) is 12.1 Å². The Morgan fingerprint density at radius 3 is 2.71 bits per heavy atom. The largest absolute Gasteiger partial charge is 0.350 e. The third kappa shape index (κ3) is 4.89. The topological polar surface area (TPSA) is 54.0 Å². The van der Waals surface area contributed by atoms with E-state index in [0.29, 0.717) is 23.2 Å². The van der Waals surface area contributed by atoms with E-state index in [1.165, 1.54) is 23.5 Å². The summed E-state index contributed by atoms with van der Waals surface area (Å²) in [4.78, 5) is 17.3. The standard InChI is InChI=1S/C16H18FN3OS.2ClH/c1-10-14(15(21)19-9-13-3-2-8-18-13)22-16(20-10)11-4-6-12(17)7-5-11;;/h4-7,13,18H,2-3,8-9H2,1H3,(H,19,21);2*1H. The lowest BCUT2D eigenvalue weighted by Gasteiger charge is -2.10. The Balaban J connectivity index is 0.00000144. The predicted octanol–water partition coefficient (Wildman–Crippen LogP) is 3.58. The lowest BCUT2D eigenvalue weighted by molar-refractivity contribution is 0.0953. The second-order valence-corrected chi connectivity index (χ2v) is 6.44. The number of benzene rings is 1. The van der Waals surface area contributed by atoms with E-state index in [1.807, 2.05) is 6.92 Å². The second-order valence-electron chi connectivity index (χ2n) is 5.44. The number of nitrogens with one attached hydrogen (secondary N) is 2. The van der Waals surface area contributed by atoms with Gasteiger partial charge in [0.1, 0.15) is 15.7 Å². The number of halogens is 3. The molecule has 1 aliphatic rings. The quantitative estimate of drug-likeness (QED) is 0.836. The van der Waals surface area contributed by atoms with Crippen LogP contribution in [0.15, 0.2) is 24.3 Å². The molecule has 8 heteroatoms. The van der Waals surface area contributed by atoms with Crippen LogP contribution in [0.2, 0.25) is 0 Å². The molecule has 2 aromatic rings. The van der Waals surface area contributed by atoms with Gasteiger partial charge in [0.2, 0.25) is 0 Å². The summed E-state index contributed by atoms with van der Waals surface area (Å²) in [6, 6.07) is 6.53. The van der Waals surface area contributed by atoms with Crippen molar-refractivity contribution in [2.75, 3.05) is 13.1 Å². The molecule has 0 aliphatic carbocycles. The zero-order chi connectivity index (χ0) is 15.5. The molecule has 4 nitrogen and oxygen atoms in total. The second kappa shape index (κ2) is 9.32. The van der Waals surface area contributed by atoms with E-state index < -0.39 is 0 Å². The van der Waals surface area contributed by atoms with Gasteiger partial charge in [0.25, 0.3) is 5.91 Å². The van der Waals surface area contributed by atoms with Gasteiger partial charge in [0.05, 0.1) is 5.69 Å². The van der Waals surface area contributed by atoms with Crippen LogP contribution < -0.4 is 10.6 Å². The van der Waals surface area contributed by atoms with Crippen LogP contribution >= 0.6 is 36.2 Å². The van der Waals surface area contributed by atoms with Crippen molar-refractivity contribution >= 4 is 42.1 Å². The third-order valence-corrected chi connectivity index (χ3v) is 4.97. The van der Waals surface area contributed by atoms with Gasteiger partial charge < -0.3 is 10.6 Å². The number of nitrogens with zero attached hydrogens (tertiary/aromatic N) is 1. The van der Waals surface area contributed by atoms with Crippen molar-refractivity contribution < 1.29 is 9.18 Å². The van der Waals surface area contributed by atoms with E-state index in [4.69, 9.17) is 0 Å². The van der Waals surface area contributed by atoms with E-state index >= 15 is 0 Å². The number of carbonyl (C=O) groups is 1. The van der Waals surface area contributed by atoms with Crippen LogP contribution in [0.3, 0.4) is 0 Å². The normalized spacial score (nSPS) is 16.2. The first-order valence-electron chi connectivity index (χ1n) is 7.38.